The molecule has 0 saturated carbocycles. The molecule has 0 fully saturated rings. The van der Waals surface area contributed by atoms with Gasteiger partial charge < -0.3 is 5.73 Å². The van der Waals surface area contributed by atoms with Crippen LogP contribution in [0.25, 0.3) is 10.4 Å². The number of benzene rings is 1. The summed E-state index contributed by atoms with van der Waals surface area (Å²) in [6, 6.07) is 7.91. The highest BCUT2D eigenvalue weighted by Crippen LogP contribution is 2.41. The molecule has 1 aromatic heterocycles. The van der Waals surface area contributed by atoms with Crippen LogP contribution in [0.2, 0.25) is 10.0 Å². The molecule has 0 aliphatic rings. The minimum atomic E-state index is 0.0942. The van der Waals surface area contributed by atoms with Crippen molar-refractivity contribution in [2.45, 2.75) is 25.8 Å². The summed E-state index contributed by atoms with van der Waals surface area (Å²) in [6.07, 6.45) is 2.07. The van der Waals surface area contributed by atoms with Gasteiger partial charge in [0, 0.05) is 25.8 Å². The predicted molar refractivity (Wildman–Crippen MR) is 89.3 cm³/mol. The molecule has 2 N–H and O–H groups in total. The van der Waals surface area contributed by atoms with Crippen molar-refractivity contribution in [3.63, 3.8) is 0 Å². The first-order valence-corrected chi connectivity index (χ1v) is 8.39. The van der Waals surface area contributed by atoms with E-state index in [4.69, 9.17) is 28.9 Å². The molecule has 0 spiro atoms. The minimum Gasteiger partial charge on any atom is -0.323 e. The minimum absolute atomic E-state index is 0.0942. The van der Waals surface area contributed by atoms with E-state index in [2.05, 4.69) is 28.9 Å². The highest BCUT2D eigenvalue weighted by atomic mass is 79.9. The highest BCUT2D eigenvalue weighted by molar-refractivity contribution is 9.10. The molecular weight excluding hydrogens is 365 g/mol. The number of hydrogen-bond acceptors (Lipinski definition) is 2. The van der Waals surface area contributed by atoms with E-state index in [0.29, 0.717) is 10.0 Å². The van der Waals surface area contributed by atoms with E-state index < -0.39 is 0 Å². The SMILES string of the molecule is CCCC(N)c1ccc(-c2c(Cl)cc(Br)cc2Cl)s1. The molecule has 1 atom stereocenters. The summed E-state index contributed by atoms with van der Waals surface area (Å²) in [7, 11) is 0. The summed E-state index contributed by atoms with van der Waals surface area (Å²) in [5.74, 6) is 0. The average Bonchev–Trinajstić information content (AvgIpc) is 2.77. The van der Waals surface area contributed by atoms with Crippen LogP contribution in [0.4, 0.5) is 0 Å². The van der Waals surface area contributed by atoms with Gasteiger partial charge in [0.2, 0.25) is 0 Å². The van der Waals surface area contributed by atoms with Crippen molar-refractivity contribution < 1.29 is 0 Å². The van der Waals surface area contributed by atoms with Crippen LogP contribution in [-0.2, 0) is 0 Å². The maximum absolute atomic E-state index is 6.28. The molecule has 1 nitrogen and oxygen atoms in total. The van der Waals surface area contributed by atoms with E-state index in [-0.39, 0.29) is 6.04 Å². The molecule has 0 aliphatic heterocycles. The first-order valence-electron chi connectivity index (χ1n) is 6.03. The van der Waals surface area contributed by atoms with Gasteiger partial charge in [0.25, 0.3) is 0 Å². The Morgan fingerprint density at radius 1 is 1.26 bits per heavy atom. The molecule has 0 radical (unpaired) electrons. The van der Waals surface area contributed by atoms with Crippen molar-refractivity contribution in [1.82, 2.24) is 0 Å². The van der Waals surface area contributed by atoms with Gasteiger partial charge in [-0.05, 0) is 30.7 Å². The normalized spacial score (nSPS) is 12.7. The number of halogens is 3. The molecular formula is C14H14BrCl2NS. The second kappa shape index (κ2) is 6.59. The standard InChI is InChI=1S/C14H14BrCl2NS/c1-2-3-11(18)12-4-5-13(19-12)14-9(16)6-8(15)7-10(14)17/h4-7,11H,2-3,18H2,1H3. The molecule has 0 saturated heterocycles. The molecule has 2 aromatic rings. The number of hydrogen-bond donors (Lipinski definition) is 1. The molecule has 19 heavy (non-hydrogen) atoms. The van der Waals surface area contributed by atoms with Crippen molar-refractivity contribution in [3.05, 3.63) is 43.7 Å². The van der Waals surface area contributed by atoms with Crippen LogP contribution in [-0.4, -0.2) is 0 Å². The molecule has 102 valence electrons. The van der Waals surface area contributed by atoms with E-state index >= 15 is 0 Å². The summed E-state index contributed by atoms with van der Waals surface area (Å²) < 4.78 is 0.880. The van der Waals surface area contributed by atoms with Crippen LogP contribution in [0, 0.1) is 0 Å². The summed E-state index contributed by atoms with van der Waals surface area (Å²) in [4.78, 5) is 2.23. The summed E-state index contributed by atoms with van der Waals surface area (Å²) in [5.41, 5.74) is 7.02. The first-order chi connectivity index (χ1) is 9.02. The first kappa shape index (κ1) is 15.3. The van der Waals surface area contributed by atoms with Crippen molar-refractivity contribution in [3.8, 4) is 10.4 Å². The molecule has 0 amide bonds. The van der Waals surface area contributed by atoms with Crippen molar-refractivity contribution in [2.24, 2.45) is 5.73 Å². The van der Waals surface area contributed by atoms with Gasteiger partial charge in [0.1, 0.15) is 0 Å². The largest absolute Gasteiger partial charge is 0.323 e. The Bertz CT molecular complexity index is 560. The van der Waals surface area contributed by atoms with Gasteiger partial charge in [-0.1, -0.05) is 52.5 Å². The van der Waals surface area contributed by atoms with Gasteiger partial charge in [0.05, 0.1) is 10.0 Å². The van der Waals surface area contributed by atoms with Crippen LogP contribution in [0.15, 0.2) is 28.7 Å². The Balaban J connectivity index is 2.38. The lowest BCUT2D eigenvalue weighted by atomic mass is 10.1. The average molecular weight is 379 g/mol. The number of nitrogens with two attached hydrogens (primary N) is 1. The fraction of sp³-hybridized carbons (Fsp3) is 0.286. The molecule has 2 rings (SSSR count). The smallest absolute Gasteiger partial charge is 0.0518 e. The summed E-state index contributed by atoms with van der Waals surface area (Å²) in [6.45, 7) is 2.14. The third-order valence-electron chi connectivity index (χ3n) is 2.85. The Kier molecular flexibility index (Phi) is 5.32. The van der Waals surface area contributed by atoms with Gasteiger partial charge in [-0.15, -0.1) is 11.3 Å². The summed E-state index contributed by atoms with van der Waals surface area (Å²) >= 11 is 17.6. The van der Waals surface area contributed by atoms with Gasteiger partial charge >= 0.3 is 0 Å². The van der Waals surface area contributed by atoms with Crippen LogP contribution in [0.1, 0.15) is 30.7 Å². The molecule has 1 aromatic carbocycles. The van der Waals surface area contributed by atoms with Crippen molar-refractivity contribution in [2.75, 3.05) is 0 Å². The predicted octanol–water partition coefficient (Wildman–Crippen LogP) is 6.28. The number of rotatable bonds is 4. The van der Waals surface area contributed by atoms with E-state index in [1.54, 1.807) is 11.3 Å². The van der Waals surface area contributed by atoms with Gasteiger partial charge in [-0.25, -0.2) is 0 Å². The fourth-order valence-electron chi connectivity index (χ4n) is 1.92. The van der Waals surface area contributed by atoms with Crippen LogP contribution >= 0.6 is 50.5 Å². The van der Waals surface area contributed by atoms with E-state index in [1.165, 1.54) is 4.88 Å². The molecule has 0 bridgehead atoms. The zero-order valence-electron chi connectivity index (χ0n) is 10.4. The third-order valence-corrected chi connectivity index (χ3v) is 5.13. The van der Waals surface area contributed by atoms with Crippen molar-refractivity contribution in [1.29, 1.82) is 0 Å². The zero-order chi connectivity index (χ0) is 14.0. The zero-order valence-corrected chi connectivity index (χ0v) is 14.3. The maximum atomic E-state index is 6.28. The van der Waals surface area contributed by atoms with Gasteiger partial charge in [-0.3, -0.25) is 0 Å². The third kappa shape index (κ3) is 3.53. The van der Waals surface area contributed by atoms with Crippen LogP contribution in [0.3, 0.4) is 0 Å². The van der Waals surface area contributed by atoms with Crippen LogP contribution < -0.4 is 5.73 Å². The van der Waals surface area contributed by atoms with Gasteiger partial charge in [0.15, 0.2) is 0 Å². The van der Waals surface area contributed by atoms with E-state index in [1.807, 2.05) is 18.2 Å². The summed E-state index contributed by atoms with van der Waals surface area (Å²) in [5, 5.41) is 1.30. The monoisotopic (exact) mass is 377 g/mol. The fourth-order valence-corrected chi connectivity index (χ4v) is 4.56. The second-order valence-corrected chi connectivity index (χ2v) is 7.19. The van der Waals surface area contributed by atoms with Crippen molar-refractivity contribution >= 4 is 50.5 Å². The lowest BCUT2D eigenvalue weighted by Crippen LogP contribution is -2.07. The Morgan fingerprint density at radius 3 is 2.47 bits per heavy atom. The maximum Gasteiger partial charge on any atom is 0.0518 e. The second-order valence-electron chi connectivity index (χ2n) is 4.34. The van der Waals surface area contributed by atoms with Gasteiger partial charge in [-0.2, -0.15) is 0 Å². The molecule has 0 aliphatic carbocycles. The molecule has 1 unspecified atom stereocenters. The lowest BCUT2D eigenvalue weighted by molar-refractivity contribution is 0.648. The lowest BCUT2D eigenvalue weighted by Gasteiger charge is -2.08. The Hall–Kier alpha value is -0.0600. The molecule has 1 heterocycles. The van der Waals surface area contributed by atoms with Crippen LogP contribution in [0.5, 0.6) is 0 Å². The topological polar surface area (TPSA) is 26.0 Å². The van der Waals surface area contributed by atoms with E-state index in [0.717, 1.165) is 27.8 Å². The molecule has 5 heteroatoms. The Labute approximate surface area is 135 Å². The highest BCUT2D eigenvalue weighted by Gasteiger charge is 2.14. The van der Waals surface area contributed by atoms with E-state index in [9.17, 15) is 0 Å². The Morgan fingerprint density at radius 2 is 1.89 bits per heavy atom. The quantitative estimate of drug-likeness (QED) is 0.665. The number of thiophene rings is 1.